The van der Waals surface area contributed by atoms with Crippen molar-refractivity contribution < 1.29 is 4.79 Å². The highest BCUT2D eigenvalue weighted by Gasteiger charge is 2.17. The molecule has 0 saturated carbocycles. The van der Waals surface area contributed by atoms with Gasteiger partial charge in [-0.2, -0.15) is 5.10 Å². The van der Waals surface area contributed by atoms with Crippen molar-refractivity contribution in [3.63, 3.8) is 0 Å². The van der Waals surface area contributed by atoms with Crippen molar-refractivity contribution >= 4 is 23.2 Å². The summed E-state index contributed by atoms with van der Waals surface area (Å²) in [6.07, 6.45) is 5.62. The van der Waals surface area contributed by atoms with Gasteiger partial charge in [-0.3, -0.25) is 14.4 Å². The lowest BCUT2D eigenvalue weighted by Crippen LogP contribution is -2.29. The molecule has 2 heterocycles. The van der Waals surface area contributed by atoms with E-state index in [0.717, 1.165) is 17.9 Å². The Balaban J connectivity index is 1.57. The number of amides is 1. The topological polar surface area (TPSA) is 50.2 Å². The maximum Gasteiger partial charge on any atom is 0.248 e. The molecule has 3 rings (SSSR count). The van der Waals surface area contributed by atoms with Gasteiger partial charge in [0.05, 0.1) is 10.7 Å². The van der Waals surface area contributed by atoms with Crippen molar-refractivity contribution in [2.45, 2.75) is 45.7 Å². The fourth-order valence-electron chi connectivity index (χ4n) is 3.09. The Kier molecular flexibility index (Phi) is 5.76. The molecule has 1 aromatic carbocycles. The van der Waals surface area contributed by atoms with E-state index in [-0.39, 0.29) is 5.91 Å². The molecule has 134 valence electrons. The predicted octanol–water partition coefficient (Wildman–Crippen LogP) is 4.03. The monoisotopic (exact) mass is 360 g/mol. The highest BCUT2D eigenvalue weighted by molar-refractivity contribution is 6.31. The molecule has 1 aliphatic rings. The summed E-state index contributed by atoms with van der Waals surface area (Å²) in [5.74, 6) is -0.108. The van der Waals surface area contributed by atoms with Crippen LogP contribution in [-0.2, 0) is 11.3 Å². The standard InChI is InChI=1S/C19H25ClN4O/c1-14-18(20)13-24(22-14)15(2)19(25)21-17-8-6-16(7-9-17)12-23-10-4-3-5-11-23/h6-9,13,15H,3-5,10-12H2,1-2H3,(H,21,25). The first kappa shape index (κ1) is 18.0. The molecule has 1 aromatic heterocycles. The number of aromatic nitrogens is 2. The zero-order valence-electron chi connectivity index (χ0n) is 14.8. The van der Waals surface area contributed by atoms with Gasteiger partial charge >= 0.3 is 0 Å². The first-order valence-electron chi connectivity index (χ1n) is 8.86. The normalized spacial score (nSPS) is 16.6. The molecule has 2 aromatic rings. The molecule has 1 N–H and O–H groups in total. The van der Waals surface area contributed by atoms with Gasteiger partial charge in [0, 0.05) is 18.4 Å². The Morgan fingerprint density at radius 2 is 1.92 bits per heavy atom. The van der Waals surface area contributed by atoms with Gasteiger partial charge in [-0.1, -0.05) is 30.2 Å². The van der Waals surface area contributed by atoms with Gasteiger partial charge < -0.3 is 5.32 Å². The van der Waals surface area contributed by atoms with Gasteiger partial charge in [0.15, 0.2) is 0 Å². The third-order valence-electron chi connectivity index (χ3n) is 4.71. The number of carbonyl (C=O) groups is 1. The highest BCUT2D eigenvalue weighted by atomic mass is 35.5. The molecular weight excluding hydrogens is 336 g/mol. The number of piperidine rings is 1. The molecule has 5 nitrogen and oxygen atoms in total. The van der Waals surface area contributed by atoms with E-state index in [1.165, 1.54) is 37.9 Å². The average Bonchev–Trinajstić information content (AvgIpc) is 2.96. The number of benzene rings is 1. The van der Waals surface area contributed by atoms with Crippen LogP contribution in [0.1, 0.15) is 43.5 Å². The summed E-state index contributed by atoms with van der Waals surface area (Å²) in [6, 6.07) is 7.68. The number of anilines is 1. The molecule has 0 aliphatic carbocycles. The number of hydrogen-bond acceptors (Lipinski definition) is 3. The molecule has 1 aliphatic heterocycles. The van der Waals surface area contributed by atoms with E-state index >= 15 is 0 Å². The average molecular weight is 361 g/mol. The minimum atomic E-state index is -0.417. The van der Waals surface area contributed by atoms with E-state index in [4.69, 9.17) is 11.6 Å². The van der Waals surface area contributed by atoms with Gasteiger partial charge in [0.1, 0.15) is 6.04 Å². The predicted molar refractivity (Wildman–Crippen MR) is 101 cm³/mol. The molecule has 6 heteroatoms. The molecule has 0 bridgehead atoms. The van der Waals surface area contributed by atoms with Crippen LogP contribution in [-0.4, -0.2) is 33.7 Å². The SMILES string of the molecule is Cc1nn(C(C)C(=O)Nc2ccc(CN3CCCCC3)cc2)cc1Cl. The van der Waals surface area contributed by atoms with Crippen LogP contribution in [0.5, 0.6) is 0 Å². The molecule has 1 atom stereocenters. The quantitative estimate of drug-likeness (QED) is 0.875. The summed E-state index contributed by atoms with van der Waals surface area (Å²) in [5, 5.41) is 7.78. The lowest BCUT2D eigenvalue weighted by molar-refractivity contribution is -0.119. The number of likely N-dealkylation sites (tertiary alicyclic amines) is 1. The molecular formula is C19H25ClN4O. The minimum absolute atomic E-state index is 0.108. The molecule has 1 amide bonds. The second-order valence-corrected chi connectivity index (χ2v) is 7.15. The summed E-state index contributed by atoms with van der Waals surface area (Å²) in [6.45, 7) is 6.98. The molecule has 25 heavy (non-hydrogen) atoms. The number of halogens is 1. The fraction of sp³-hybridized carbons (Fsp3) is 0.474. The Morgan fingerprint density at radius 1 is 1.24 bits per heavy atom. The van der Waals surface area contributed by atoms with Crippen molar-refractivity contribution in [3.8, 4) is 0 Å². The van der Waals surface area contributed by atoms with Gasteiger partial charge in [-0.25, -0.2) is 0 Å². The van der Waals surface area contributed by atoms with Crippen LogP contribution in [0.3, 0.4) is 0 Å². The summed E-state index contributed by atoms with van der Waals surface area (Å²) >= 11 is 6.02. The zero-order chi connectivity index (χ0) is 17.8. The number of hydrogen-bond donors (Lipinski definition) is 1. The number of carbonyl (C=O) groups excluding carboxylic acids is 1. The number of aryl methyl sites for hydroxylation is 1. The van der Waals surface area contributed by atoms with Crippen molar-refractivity contribution in [3.05, 3.63) is 46.7 Å². The van der Waals surface area contributed by atoms with Crippen molar-refractivity contribution in [2.75, 3.05) is 18.4 Å². The Morgan fingerprint density at radius 3 is 2.52 bits per heavy atom. The molecule has 0 radical (unpaired) electrons. The number of rotatable bonds is 5. The van der Waals surface area contributed by atoms with Crippen molar-refractivity contribution in [1.82, 2.24) is 14.7 Å². The first-order chi connectivity index (χ1) is 12.0. The van der Waals surface area contributed by atoms with Crippen LogP contribution in [0, 0.1) is 6.92 Å². The molecule has 1 fully saturated rings. The lowest BCUT2D eigenvalue weighted by atomic mass is 10.1. The van der Waals surface area contributed by atoms with E-state index in [1.807, 2.05) is 26.0 Å². The van der Waals surface area contributed by atoms with Gasteiger partial charge in [-0.05, 0) is 57.5 Å². The van der Waals surface area contributed by atoms with Gasteiger partial charge in [0.2, 0.25) is 5.91 Å². The van der Waals surface area contributed by atoms with Crippen LogP contribution >= 0.6 is 11.6 Å². The maximum atomic E-state index is 12.4. The van der Waals surface area contributed by atoms with Crippen LogP contribution in [0.25, 0.3) is 0 Å². The minimum Gasteiger partial charge on any atom is -0.324 e. The van der Waals surface area contributed by atoms with E-state index in [0.29, 0.717) is 5.02 Å². The van der Waals surface area contributed by atoms with Crippen LogP contribution < -0.4 is 5.32 Å². The summed E-state index contributed by atoms with van der Waals surface area (Å²) in [4.78, 5) is 14.9. The third-order valence-corrected chi connectivity index (χ3v) is 5.08. The van der Waals surface area contributed by atoms with Crippen molar-refractivity contribution in [2.24, 2.45) is 0 Å². The summed E-state index contributed by atoms with van der Waals surface area (Å²) < 4.78 is 1.59. The lowest BCUT2D eigenvalue weighted by Gasteiger charge is -2.26. The largest absolute Gasteiger partial charge is 0.324 e. The van der Waals surface area contributed by atoms with E-state index in [2.05, 4.69) is 27.4 Å². The molecule has 1 unspecified atom stereocenters. The number of nitrogens with zero attached hydrogens (tertiary/aromatic N) is 3. The highest BCUT2D eigenvalue weighted by Crippen LogP contribution is 2.19. The second kappa shape index (κ2) is 8.02. The van der Waals surface area contributed by atoms with E-state index in [9.17, 15) is 4.79 Å². The molecule has 0 spiro atoms. The summed E-state index contributed by atoms with van der Waals surface area (Å²) in [7, 11) is 0. The second-order valence-electron chi connectivity index (χ2n) is 6.74. The third kappa shape index (κ3) is 4.61. The van der Waals surface area contributed by atoms with Gasteiger partial charge in [0.25, 0.3) is 0 Å². The summed E-state index contributed by atoms with van der Waals surface area (Å²) in [5.41, 5.74) is 2.81. The fourth-order valence-corrected chi connectivity index (χ4v) is 3.23. The van der Waals surface area contributed by atoms with Crippen LogP contribution in [0.2, 0.25) is 5.02 Å². The zero-order valence-corrected chi connectivity index (χ0v) is 15.6. The Bertz CT molecular complexity index is 700. The maximum absolute atomic E-state index is 12.4. The first-order valence-corrected chi connectivity index (χ1v) is 9.24. The van der Waals surface area contributed by atoms with E-state index < -0.39 is 6.04 Å². The molecule has 1 saturated heterocycles. The van der Waals surface area contributed by atoms with Gasteiger partial charge in [-0.15, -0.1) is 0 Å². The van der Waals surface area contributed by atoms with Crippen LogP contribution in [0.4, 0.5) is 5.69 Å². The van der Waals surface area contributed by atoms with Crippen molar-refractivity contribution in [1.29, 1.82) is 0 Å². The van der Waals surface area contributed by atoms with E-state index in [1.54, 1.807) is 10.9 Å². The Labute approximate surface area is 154 Å². The van der Waals surface area contributed by atoms with Crippen LogP contribution in [0.15, 0.2) is 30.5 Å². The number of nitrogens with one attached hydrogen (secondary N) is 1. The smallest absolute Gasteiger partial charge is 0.248 e. The Hall–Kier alpha value is -1.85.